The number of hydrogen-bond donors (Lipinski definition) is 2. The third kappa shape index (κ3) is 5.06. The van der Waals surface area contributed by atoms with Crippen molar-refractivity contribution in [2.45, 2.75) is 65.7 Å². The summed E-state index contributed by atoms with van der Waals surface area (Å²) in [4.78, 5) is 44.0. The van der Waals surface area contributed by atoms with E-state index in [2.05, 4.69) is 37.9 Å². The Hall–Kier alpha value is -3.27. The molecule has 206 valence electrons. The number of aromatic hydroxyl groups is 1. The van der Waals surface area contributed by atoms with Crippen LogP contribution in [0.4, 0.5) is 8.78 Å². The van der Waals surface area contributed by atoms with Crippen molar-refractivity contribution in [3.05, 3.63) is 63.1 Å². The summed E-state index contributed by atoms with van der Waals surface area (Å²) >= 11 is 0. The van der Waals surface area contributed by atoms with E-state index in [4.69, 9.17) is 0 Å². The summed E-state index contributed by atoms with van der Waals surface area (Å²) in [7, 11) is 0. The Morgan fingerprint density at radius 2 is 2.00 bits per heavy atom. The maximum atomic E-state index is 14.0. The first-order valence-corrected chi connectivity index (χ1v) is 13.2. The fourth-order valence-corrected chi connectivity index (χ4v) is 5.80. The minimum Gasteiger partial charge on any atom is -0.503 e. The molecule has 2 aromatic rings. The number of rotatable bonds is 7. The maximum Gasteiger partial charge on any atom is 0.276 e. The fourth-order valence-electron chi connectivity index (χ4n) is 5.80. The molecule has 0 bridgehead atoms. The lowest BCUT2D eigenvalue weighted by molar-refractivity contribution is -0.0668. The van der Waals surface area contributed by atoms with Gasteiger partial charge in [0.15, 0.2) is 11.4 Å². The Bertz CT molecular complexity index is 1290. The van der Waals surface area contributed by atoms with Gasteiger partial charge >= 0.3 is 0 Å². The molecule has 10 heteroatoms. The molecule has 0 saturated carbocycles. The van der Waals surface area contributed by atoms with Crippen molar-refractivity contribution < 1.29 is 23.5 Å². The summed E-state index contributed by atoms with van der Waals surface area (Å²) in [6.45, 7) is 10.6. The van der Waals surface area contributed by atoms with Crippen molar-refractivity contribution in [2.75, 3.05) is 19.6 Å². The van der Waals surface area contributed by atoms with Gasteiger partial charge in [-0.2, -0.15) is 0 Å². The molecule has 0 radical (unpaired) electrons. The molecule has 2 aliphatic rings. The Labute approximate surface area is 221 Å². The van der Waals surface area contributed by atoms with E-state index in [0.717, 1.165) is 32.0 Å². The number of aromatic nitrogens is 1. The number of carbonyl (C=O) groups excluding carboxylic acids is 2. The van der Waals surface area contributed by atoms with Crippen LogP contribution in [-0.2, 0) is 13.1 Å². The monoisotopic (exact) mass is 530 g/mol. The quantitative estimate of drug-likeness (QED) is 0.569. The second kappa shape index (κ2) is 10.8. The van der Waals surface area contributed by atoms with E-state index >= 15 is 0 Å². The zero-order valence-corrected chi connectivity index (χ0v) is 22.4. The second-order valence-corrected chi connectivity index (χ2v) is 11.0. The Morgan fingerprint density at radius 1 is 1.26 bits per heavy atom. The average Bonchev–Trinajstić information content (AvgIpc) is 2.97. The molecule has 0 spiro atoms. The number of amides is 2. The van der Waals surface area contributed by atoms with Crippen molar-refractivity contribution in [1.82, 2.24) is 19.7 Å². The number of fused-ring (bicyclic) bond motifs is 2. The summed E-state index contributed by atoms with van der Waals surface area (Å²) < 4.78 is 28.8. The van der Waals surface area contributed by atoms with Crippen LogP contribution in [0.2, 0.25) is 0 Å². The first-order valence-electron chi connectivity index (χ1n) is 13.2. The van der Waals surface area contributed by atoms with E-state index < -0.39 is 40.3 Å². The first kappa shape index (κ1) is 27.8. The second-order valence-electron chi connectivity index (χ2n) is 11.0. The van der Waals surface area contributed by atoms with E-state index in [1.54, 1.807) is 0 Å². The van der Waals surface area contributed by atoms with Crippen molar-refractivity contribution in [3.8, 4) is 5.75 Å². The van der Waals surface area contributed by atoms with Gasteiger partial charge in [-0.1, -0.05) is 40.2 Å². The lowest BCUT2D eigenvalue weighted by Gasteiger charge is -2.53. The van der Waals surface area contributed by atoms with Crippen molar-refractivity contribution >= 4 is 11.8 Å². The lowest BCUT2D eigenvalue weighted by atomic mass is 9.94. The molecule has 2 amide bonds. The maximum absolute atomic E-state index is 14.0. The van der Waals surface area contributed by atoms with Gasteiger partial charge in [0.05, 0.1) is 6.54 Å². The minimum absolute atomic E-state index is 0.0478. The molecule has 8 nitrogen and oxygen atoms in total. The predicted molar refractivity (Wildman–Crippen MR) is 139 cm³/mol. The molecule has 1 fully saturated rings. The molecule has 3 heterocycles. The van der Waals surface area contributed by atoms with Gasteiger partial charge in [0.25, 0.3) is 11.8 Å². The predicted octanol–water partition coefficient (Wildman–Crippen LogP) is 3.71. The normalized spacial score (nSPS) is 21.7. The highest BCUT2D eigenvalue weighted by Gasteiger charge is 2.51. The van der Waals surface area contributed by atoms with Crippen LogP contribution in [0, 0.1) is 23.5 Å². The number of nitrogens with zero attached hydrogens (tertiary/aromatic N) is 3. The Morgan fingerprint density at radius 3 is 2.66 bits per heavy atom. The highest BCUT2D eigenvalue weighted by Crippen LogP contribution is 2.39. The van der Waals surface area contributed by atoms with E-state index in [1.807, 2.05) is 4.90 Å². The largest absolute Gasteiger partial charge is 0.503 e. The van der Waals surface area contributed by atoms with Gasteiger partial charge in [-0.15, -0.1) is 0 Å². The molecule has 0 aliphatic carbocycles. The summed E-state index contributed by atoms with van der Waals surface area (Å²) in [6, 6.07) is 2.99. The lowest BCUT2D eigenvalue weighted by Crippen LogP contribution is -2.67. The number of benzene rings is 1. The minimum atomic E-state index is -0.966. The van der Waals surface area contributed by atoms with Crippen LogP contribution in [0.5, 0.6) is 5.75 Å². The van der Waals surface area contributed by atoms with Gasteiger partial charge in [-0.3, -0.25) is 19.3 Å². The highest BCUT2D eigenvalue weighted by molar-refractivity contribution is 5.99. The van der Waals surface area contributed by atoms with E-state index in [0.29, 0.717) is 37.4 Å². The van der Waals surface area contributed by atoms with Crippen molar-refractivity contribution in [2.24, 2.45) is 11.8 Å². The zero-order valence-electron chi connectivity index (χ0n) is 22.4. The molecule has 1 unspecified atom stereocenters. The molecular weight excluding hydrogens is 494 g/mol. The van der Waals surface area contributed by atoms with Crippen LogP contribution < -0.4 is 10.7 Å². The summed E-state index contributed by atoms with van der Waals surface area (Å²) in [5.74, 6) is -2.88. The van der Waals surface area contributed by atoms with Crippen molar-refractivity contribution in [1.29, 1.82) is 0 Å². The molecule has 2 aliphatic heterocycles. The molecule has 38 heavy (non-hydrogen) atoms. The van der Waals surface area contributed by atoms with Crippen LogP contribution in [0.15, 0.2) is 29.2 Å². The van der Waals surface area contributed by atoms with Crippen LogP contribution in [0.1, 0.15) is 73.4 Å². The summed E-state index contributed by atoms with van der Waals surface area (Å²) in [6.07, 6.45) is 3.63. The van der Waals surface area contributed by atoms with Gasteiger partial charge in [-0.25, -0.2) is 8.78 Å². The van der Waals surface area contributed by atoms with Gasteiger partial charge in [-0.05, 0) is 30.7 Å². The molecule has 1 aromatic heterocycles. The fraction of sp³-hybridized carbons (Fsp3) is 0.536. The smallest absolute Gasteiger partial charge is 0.276 e. The number of halogens is 2. The van der Waals surface area contributed by atoms with E-state index in [1.165, 1.54) is 16.8 Å². The van der Waals surface area contributed by atoms with E-state index in [-0.39, 0.29) is 23.4 Å². The van der Waals surface area contributed by atoms with E-state index in [9.17, 15) is 28.3 Å². The number of pyridine rings is 1. The van der Waals surface area contributed by atoms with Gasteiger partial charge in [0, 0.05) is 44.0 Å². The number of hydrogen-bond acceptors (Lipinski definition) is 5. The van der Waals surface area contributed by atoms with Gasteiger partial charge < -0.3 is 19.9 Å². The number of carbonyl (C=O) groups is 2. The Balaban J connectivity index is 1.74. The number of nitrogens with one attached hydrogen (secondary N) is 1. The van der Waals surface area contributed by atoms with Crippen LogP contribution in [-0.4, -0.2) is 56.6 Å². The van der Waals surface area contributed by atoms with Crippen molar-refractivity contribution in [3.63, 3.8) is 0 Å². The molecule has 1 aromatic carbocycles. The SMILES string of the molecule is CCCC12Cn3cc(C(=O)NCc4ccc(F)cc4F)c(=O)c(O)c3C(=O)N1CC[C@@H](C)CN2CC(C)C. The third-order valence-electron chi connectivity index (χ3n) is 7.53. The van der Waals surface area contributed by atoms with Crippen LogP contribution in [0.25, 0.3) is 0 Å². The topological polar surface area (TPSA) is 94.9 Å². The molecule has 1 saturated heterocycles. The van der Waals surface area contributed by atoms with Crippen LogP contribution in [0.3, 0.4) is 0 Å². The highest BCUT2D eigenvalue weighted by atomic mass is 19.1. The average molecular weight is 531 g/mol. The molecule has 2 atom stereocenters. The summed E-state index contributed by atoms with van der Waals surface area (Å²) in [5, 5.41) is 13.3. The Kier molecular flexibility index (Phi) is 7.92. The standard InChI is InChI=1S/C28H36F2N4O4/c1-5-9-28-16-32-15-21(26(37)31-12-19-6-7-20(29)11-22(19)30)24(35)25(36)23(32)27(38)34(28)10-8-18(4)14-33(28)13-17(2)3/h6-7,11,15,17-18,36H,5,8-10,12-14,16H2,1-4H3,(H,31,37)/t18-,28?/m1/s1. The summed E-state index contributed by atoms with van der Waals surface area (Å²) in [5.41, 5.74) is -2.06. The zero-order chi connectivity index (χ0) is 27.8. The van der Waals surface area contributed by atoms with Gasteiger partial charge in [0.2, 0.25) is 5.43 Å². The van der Waals surface area contributed by atoms with Gasteiger partial charge in [0.1, 0.15) is 22.9 Å². The third-order valence-corrected chi connectivity index (χ3v) is 7.53. The molecular formula is C28H36F2N4O4. The molecule has 4 rings (SSSR count). The van der Waals surface area contributed by atoms with Crippen LogP contribution >= 0.6 is 0 Å². The first-order chi connectivity index (χ1) is 18.0. The molecule has 2 N–H and O–H groups in total.